The van der Waals surface area contributed by atoms with Crippen LogP contribution in [0.3, 0.4) is 0 Å². The molecule has 0 amide bonds. The summed E-state index contributed by atoms with van der Waals surface area (Å²) in [5, 5.41) is 11.2. The minimum atomic E-state index is -0.544. The smallest absolute Gasteiger partial charge is 0.332 e. The number of imidazole rings is 1. The first-order valence-electron chi connectivity index (χ1n) is 11.0. The van der Waals surface area contributed by atoms with Gasteiger partial charge in [-0.05, 0) is 38.8 Å². The molecule has 1 N–H and O–H groups in total. The van der Waals surface area contributed by atoms with Gasteiger partial charge in [0, 0.05) is 13.1 Å². The van der Waals surface area contributed by atoms with E-state index in [1.165, 1.54) is 13.5 Å². The highest BCUT2D eigenvalue weighted by Crippen LogP contribution is 2.24. The molecule has 3 heterocycles. The Morgan fingerprint density at radius 2 is 1.59 bits per heavy atom. The van der Waals surface area contributed by atoms with Crippen molar-refractivity contribution in [2.45, 2.75) is 59.5 Å². The fourth-order valence-electron chi connectivity index (χ4n) is 4.18. The molecule has 0 aliphatic rings. The Morgan fingerprint density at radius 1 is 0.906 bits per heavy atom. The van der Waals surface area contributed by atoms with Crippen molar-refractivity contribution in [2.75, 3.05) is 0 Å². The second kappa shape index (κ2) is 8.49. The first-order chi connectivity index (χ1) is 15.5. The van der Waals surface area contributed by atoms with Gasteiger partial charge in [0.2, 0.25) is 11.7 Å². The molecule has 9 nitrogen and oxygen atoms in total. The molecular formula is C23H27N5O4. The van der Waals surface area contributed by atoms with Crippen LogP contribution in [0.15, 0.2) is 44.7 Å². The topological polar surface area (TPSA) is 104 Å². The zero-order chi connectivity index (χ0) is 23.0. The molecule has 4 rings (SSSR count). The average Bonchev–Trinajstić information content (AvgIpc) is 3.18. The third-order valence-electron chi connectivity index (χ3n) is 5.83. The first-order valence-corrected chi connectivity index (χ1v) is 11.0. The Morgan fingerprint density at radius 3 is 2.22 bits per heavy atom. The Bertz CT molecular complexity index is 1470. The number of fused-ring (bicyclic) bond motifs is 3. The highest BCUT2D eigenvalue weighted by molar-refractivity contribution is 5.77. The number of hydrogen-bond donors (Lipinski definition) is 1. The van der Waals surface area contributed by atoms with Gasteiger partial charge in [-0.2, -0.15) is 4.98 Å². The number of aryl methyl sites for hydroxylation is 1. The van der Waals surface area contributed by atoms with Crippen LogP contribution in [-0.4, -0.2) is 28.2 Å². The van der Waals surface area contributed by atoms with Gasteiger partial charge in [-0.25, -0.2) is 13.8 Å². The highest BCUT2D eigenvalue weighted by atomic mass is 16.3. The van der Waals surface area contributed by atoms with Crippen LogP contribution in [0.25, 0.3) is 22.6 Å². The predicted octanol–water partition coefficient (Wildman–Crippen LogP) is 2.44. The summed E-state index contributed by atoms with van der Waals surface area (Å²) >= 11 is 0. The molecule has 0 spiro atoms. The maximum absolute atomic E-state index is 13.5. The summed E-state index contributed by atoms with van der Waals surface area (Å²) < 4.78 is 5.24. The molecule has 0 saturated carbocycles. The lowest BCUT2D eigenvalue weighted by Crippen LogP contribution is -2.39. The summed E-state index contributed by atoms with van der Waals surface area (Å²) in [4.78, 5) is 44.1. The molecule has 4 aromatic rings. The van der Waals surface area contributed by atoms with E-state index >= 15 is 0 Å². The average molecular weight is 438 g/mol. The number of aromatic nitrogens is 5. The minimum Gasteiger partial charge on any atom is -0.494 e. The zero-order valence-electron chi connectivity index (χ0n) is 18.5. The van der Waals surface area contributed by atoms with E-state index in [-0.39, 0.29) is 40.5 Å². The van der Waals surface area contributed by atoms with Gasteiger partial charge >= 0.3 is 5.69 Å². The van der Waals surface area contributed by atoms with Crippen LogP contribution in [-0.2, 0) is 19.5 Å². The van der Waals surface area contributed by atoms with Crippen LogP contribution >= 0.6 is 0 Å². The van der Waals surface area contributed by atoms with Crippen LogP contribution < -0.4 is 16.8 Å². The number of para-hydroxylation sites is 1. The lowest BCUT2D eigenvalue weighted by atomic mass is 10.1. The molecule has 0 saturated heterocycles. The van der Waals surface area contributed by atoms with Crippen molar-refractivity contribution in [3.63, 3.8) is 0 Å². The van der Waals surface area contributed by atoms with Crippen molar-refractivity contribution < 1.29 is 5.11 Å². The summed E-state index contributed by atoms with van der Waals surface area (Å²) in [5.41, 5.74) is -0.361. The molecule has 0 fully saturated rings. The fraction of sp³-hybridized carbons (Fsp3) is 0.391. The van der Waals surface area contributed by atoms with E-state index in [0.717, 1.165) is 23.8 Å². The van der Waals surface area contributed by atoms with Crippen molar-refractivity contribution in [2.24, 2.45) is 0 Å². The summed E-state index contributed by atoms with van der Waals surface area (Å²) in [7, 11) is 0. The molecule has 0 aliphatic carbocycles. The van der Waals surface area contributed by atoms with Gasteiger partial charge in [-0.3, -0.25) is 18.7 Å². The molecule has 9 heteroatoms. The largest absolute Gasteiger partial charge is 0.494 e. The van der Waals surface area contributed by atoms with E-state index in [9.17, 15) is 19.5 Å². The molecule has 0 atom stereocenters. The molecule has 0 unspecified atom stereocenters. The molecule has 1 aromatic carbocycles. The molecule has 0 aliphatic heterocycles. The molecule has 0 radical (unpaired) electrons. The predicted molar refractivity (Wildman–Crippen MR) is 123 cm³/mol. The zero-order valence-corrected chi connectivity index (χ0v) is 18.5. The summed E-state index contributed by atoms with van der Waals surface area (Å²) in [5.74, 6) is -0.197. The number of benzene rings is 1. The molecule has 32 heavy (non-hydrogen) atoms. The van der Waals surface area contributed by atoms with Crippen LogP contribution in [0.2, 0.25) is 0 Å². The molecule has 168 valence electrons. The lowest BCUT2D eigenvalue weighted by molar-refractivity contribution is 0.434. The van der Waals surface area contributed by atoms with Gasteiger partial charge < -0.3 is 5.11 Å². The van der Waals surface area contributed by atoms with E-state index in [1.807, 2.05) is 6.07 Å². The van der Waals surface area contributed by atoms with E-state index in [1.54, 1.807) is 38.1 Å². The first kappa shape index (κ1) is 21.6. The monoisotopic (exact) mass is 437 g/mol. The van der Waals surface area contributed by atoms with E-state index in [2.05, 4.69) is 11.9 Å². The van der Waals surface area contributed by atoms with E-state index in [4.69, 9.17) is 0 Å². The fourth-order valence-corrected chi connectivity index (χ4v) is 4.18. The summed E-state index contributed by atoms with van der Waals surface area (Å²) in [6.45, 7) is 6.04. The number of unbranched alkanes of at least 4 members (excludes halogenated alkanes) is 2. The normalized spacial score (nSPS) is 11.6. The molecule has 3 aromatic heterocycles. The minimum absolute atomic E-state index is 0.0854. The quantitative estimate of drug-likeness (QED) is 0.447. The lowest BCUT2D eigenvalue weighted by Gasteiger charge is -2.13. The molecular weight excluding hydrogens is 410 g/mol. The second-order valence-corrected chi connectivity index (χ2v) is 7.73. The van der Waals surface area contributed by atoms with Crippen molar-refractivity contribution in [3.05, 3.63) is 67.1 Å². The van der Waals surface area contributed by atoms with Gasteiger partial charge in [0.25, 0.3) is 11.1 Å². The SMILES string of the molecule is CCCCCc1c(O)n2c3c(=O)n(CC)c(=O)n(CC)c3nc2n(-c2ccccc2)c1=O. The van der Waals surface area contributed by atoms with E-state index < -0.39 is 11.2 Å². The third kappa shape index (κ3) is 3.16. The van der Waals surface area contributed by atoms with Crippen LogP contribution in [0.1, 0.15) is 45.6 Å². The van der Waals surface area contributed by atoms with Crippen molar-refractivity contribution in [3.8, 4) is 11.6 Å². The van der Waals surface area contributed by atoms with Gasteiger partial charge in [0.1, 0.15) is 0 Å². The van der Waals surface area contributed by atoms with Crippen molar-refractivity contribution >= 4 is 16.9 Å². The van der Waals surface area contributed by atoms with Crippen LogP contribution in [0, 0.1) is 0 Å². The molecule has 0 bridgehead atoms. The Labute approximate surface area is 183 Å². The second-order valence-electron chi connectivity index (χ2n) is 7.73. The standard InChI is InChI=1S/C23H27N5O4/c1-4-7-9-14-16-19(29)27(15-12-10-8-11-13-15)22-24-18-17(28(22)20(16)30)21(31)26(6-3)23(32)25(18)5-2/h8,10-13,30H,4-7,9,14H2,1-3H3. The Hall–Kier alpha value is -3.62. The maximum atomic E-state index is 13.5. The number of nitrogens with zero attached hydrogens (tertiary/aromatic N) is 5. The van der Waals surface area contributed by atoms with Gasteiger partial charge in [0.15, 0.2) is 11.2 Å². The Balaban J connectivity index is 2.25. The number of aromatic hydroxyl groups is 1. The summed E-state index contributed by atoms with van der Waals surface area (Å²) in [6.07, 6.45) is 2.97. The van der Waals surface area contributed by atoms with Crippen molar-refractivity contribution in [1.29, 1.82) is 0 Å². The van der Waals surface area contributed by atoms with Crippen LogP contribution in [0.5, 0.6) is 5.88 Å². The van der Waals surface area contributed by atoms with Crippen LogP contribution in [0.4, 0.5) is 0 Å². The summed E-state index contributed by atoms with van der Waals surface area (Å²) in [6, 6.07) is 8.98. The third-order valence-corrected chi connectivity index (χ3v) is 5.83. The Kier molecular flexibility index (Phi) is 5.73. The maximum Gasteiger partial charge on any atom is 0.332 e. The van der Waals surface area contributed by atoms with Gasteiger partial charge in [0.05, 0.1) is 11.3 Å². The number of rotatable bonds is 7. The van der Waals surface area contributed by atoms with Crippen molar-refractivity contribution in [1.82, 2.24) is 23.1 Å². The highest BCUT2D eigenvalue weighted by Gasteiger charge is 2.25. The van der Waals surface area contributed by atoms with Gasteiger partial charge in [-0.1, -0.05) is 38.0 Å². The van der Waals surface area contributed by atoms with E-state index in [0.29, 0.717) is 18.7 Å². The van der Waals surface area contributed by atoms with Gasteiger partial charge in [-0.15, -0.1) is 0 Å². The number of hydrogen-bond acceptors (Lipinski definition) is 5.